The van der Waals surface area contributed by atoms with E-state index in [0.717, 1.165) is 51.4 Å². The van der Waals surface area contributed by atoms with Gasteiger partial charge >= 0.3 is 0 Å². The van der Waals surface area contributed by atoms with Gasteiger partial charge in [-0.1, -0.05) is 32.6 Å². The number of aromatic nitrogens is 1. The average Bonchev–Trinajstić information content (AvgIpc) is 3.68. The molecule has 2 fully saturated rings. The van der Waals surface area contributed by atoms with Crippen molar-refractivity contribution in [3.05, 3.63) is 65.0 Å². The van der Waals surface area contributed by atoms with E-state index in [0.29, 0.717) is 17.9 Å². The van der Waals surface area contributed by atoms with E-state index in [9.17, 15) is 0 Å². The minimum atomic E-state index is 0.356. The number of fused-ring (bicyclic) bond motifs is 3. The number of aliphatic imine (C=N–C) groups is 2. The zero-order valence-electron chi connectivity index (χ0n) is 24.1. The highest BCUT2D eigenvalue weighted by Gasteiger charge is 2.25. The van der Waals surface area contributed by atoms with E-state index in [1.165, 1.54) is 76.0 Å². The highest BCUT2D eigenvalue weighted by Crippen LogP contribution is 2.38. The summed E-state index contributed by atoms with van der Waals surface area (Å²) in [5.41, 5.74) is 10.5. The molecule has 2 aliphatic heterocycles. The molecule has 1 aromatic carbocycles. The van der Waals surface area contributed by atoms with Crippen molar-refractivity contribution >= 4 is 28.5 Å². The van der Waals surface area contributed by atoms with Gasteiger partial charge in [0.25, 0.3) is 0 Å². The van der Waals surface area contributed by atoms with Crippen molar-refractivity contribution in [2.24, 2.45) is 9.98 Å². The summed E-state index contributed by atoms with van der Waals surface area (Å²) in [4.78, 5) is 15.6. The van der Waals surface area contributed by atoms with Gasteiger partial charge in [-0.25, -0.2) is 4.99 Å². The van der Waals surface area contributed by atoms with Crippen LogP contribution in [0.1, 0.15) is 101 Å². The Morgan fingerprint density at radius 2 is 1.97 bits per heavy atom. The molecule has 0 radical (unpaired) electrons. The predicted octanol–water partition coefficient (Wildman–Crippen LogP) is 7.49. The number of allylic oxidation sites excluding steroid dienone is 4. The van der Waals surface area contributed by atoms with E-state index in [1.54, 1.807) is 6.34 Å². The van der Waals surface area contributed by atoms with Crippen LogP contribution in [0.4, 0.5) is 0 Å². The van der Waals surface area contributed by atoms with Gasteiger partial charge in [-0.2, -0.15) is 0 Å². The summed E-state index contributed by atoms with van der Waals surface area (Å²) in [7, 11) is 0. The Bertz CT molecular complexity index is 1340. The van der Waals surface area contributed by atoms with Gasteiger partial charge in [0.2, 0.25) is 0 Å². The Labute approximate surface area is 234 Å². The minimum absolute atomic E-state index is 0.356. The first kappa shape index (κ1) is 26.3. The molecule has 3 heterocycles. The van der Waals surface area contributed by atoms with Gasteiger partial charge in [-0.05, 0) is 104 Å². The number of hydrogen-bond donors (Lipinski definition) is 2. The molecule has 2 aliphatic carbocycles. The highest BCUT2D eigenvalue weighted by molar-refractivity contribution is 6.06. The number of hydrogen-bond acceptors (Lipinski definition) is 4. The molecule has 5 heteroatoms. The molecule has 5 nitrogen and oxygen atoms in total. The van der Waals surface area contributed by atoms with Crippen LogP contribution in [0.2, 0.25) is 0 Å². The molecule has 206 valence electrons. The largest absolute Gasteiger partial charge is 0.375 e. The number of likely N-dealkylation sites (tertiary alicyclic amines) is 1. The van der Waals surface area contributed by atoms with Gasteiger partial charge in [-0.15, -0.1) is 0 Å². The van der Waals surface area contributed by atoms with Crippen LogP contribution in [0.25, 0.3) is 16.5 Å². The molecular weight excluding hydrogens is 478 g/mol. The Morgan fingerprint density at radius 1 is 1.15 bits per heavy atom. The predicted molar refractivity (Wildman–Crippen MR) is 166 cm³/mol. The van der Waals surface area contributed by atoms with Gasteiger partial charge in [-0.3, -0.25) is 4.99 Å². The Balaban J connectivity index is 1.22. The summed E-state index contributed by atoms with van der Waals surface area (Å²) in [6.45, 7) is 14.6. The molecule has 2 aromatic rings. The van der Waals surface area contributed by atoms with Crippen molar-refractivity contribution in [1.29, 1.82) is 0 Å². The van der Waals surface area contributed by atoms with Crippen LogP contribution >= 0.6 is 0 Å². The number of H-pyrrole nitrogens is 1. The van der Waals surface area contributed by atoms with Crippen molar-refractivity contribution in [2.45, 2.75) is 96.1 Å². The van der Waals surface area contributed by atoms with E-state index >= 15 is 0 Å². The lowest BCUT2D eigenvalue weighted by Crippen LogP contribution is -2.33. The molecule has 1 unspecified atom stereocenters. The van der Waals surface area contributed by atoms with Crippen LogP contribution in [-0.4, -0.2) is 53.7 Å². The van der Waals surface area contributed by atoms with Gasteiger partial charge in [0, 0.05) is 60.1 Å². The van der Waals surface area contributed by atoms with Crippen LogP contribution in [0.15, 0.2) is 58.2 Å². The first-order valence-corrected chi connectivity index (χ1v) is 15.3. The zero-order valence-corrected chi connectivity index (χ0v) is 24.1. The number of aromatic amines is 1. The lowest BCUT2D eigenvalue weighted by atomic mass is 9.87. The molecular formula is C34H45N5. The van der Waals surface area contributed by atoms with Crippen molar-refractivity contribution in [2.75, 3.05) is 19.6 Å². The maximum absolute atomic E-state index is 4.61. The minimum Gasteiger partial charge on any atom is -0.375 e. The van der Waals surface area contributed by atoms with Gasteiger partial charge in [0.1, 0.15) is 6.34 Å². The third-order valence-electron chi connectivity index (χ3n) is 9.18. The Morgan fingerprint density at radius 3 is 2.74 bits per heavy atom. The number of rotatable bonds is 8. The quantitative estimate of drug-likeness (QED) is 0.377. The first-order valence-electron chi connectivity index (χ1n) is 15.3. The van der Waals surface area contributed by atoms with E-state index in [-0.39, 0.29) is 0 Å². The lowest BCUT2D eigenvalue weighted by molar-refractivity contribution is 0.256. The molecule has 4 aliphatic rings. The summed E-state index contributed by atoms with van der Waals surface area (Å²) >= 11 is 0. The van der Waals surface area contributed by atoms with Crippen molar-refractivity contribution in [1.82, 2.24) is 15.2 Å². The normalized spacial score (nSPS) is 25.0. The van der Waals surface area contributed by atoms with Crippen LogP contribution in [-0.2, 0) is 0 Å². The van der Waals surface area contributed by atoms with Crippen LogP contribution < -0.4 is 5.32 Å². The number of nitrogens with one attached hydrogen (secondary N) is 2. The molecule has 0 amide bonds. The highest BCUT2D eigenvalue weighted by atomic mass is 15.1. The molecule has 1 saturated carbocycles. The first-order chi connectivity index (χ1) is 19.0. The van der Waals surface area contributed by atoms with Gasteiger partial charge in [0.05, 0.1) is 6.04 Å². The third kappa shape index (κ3) is 5.84. The maximum Gasteiger partial charge on any atom is 0.110 e. The molecule has 1 aromatic heterocycles. The second kappa shape index (κ2) is 11.3. The number of piperidine rings is 1. The third-order valence-corrected chi connectivity index (χ3v) is 9.18. The van der Waals surface area contributed by atoms with E-state index in [1.807, 2.05) is 0 Å². The van der Waals surface area contributed by atoms with Crippen molar-refractivity contribution in [3.63, 3.8) is 0 Å². The summed E-state index contributed by atoms with van der Waals surface area (Å²) in [5, 5.41) is 5.02. The molecule has 1 saturated heterocycles. The fourth-order valence-corrected chi connectivity index (χ4v) is 6.65. The monoisotopic (exact) mass is 523 g/mol. The zero-order chi connectivity index (χ0) is 26.9. The van der Waals surface area contributed by atoms with Gasteiger partial charge in [0.15, 0.2) is 0 Å². The molecule has 2 N–H and O–H groups in total. The average molecular weight is 524 g/mol. The standard InChI is InChI=1S/C34H45N5/c1-22(2)33-30-19-26(25-13-16-39(17-14-25)24(4)12-15-35-28-9-10-28)8-11-31(30)38-34(33)27-6-5-7-29-20-32(23(3)18-27)37-21-36-29/h6,8,11,18-19,21-22,25,28-29,35,38H,4-5,7,9-10,12-17,20H2,1-3H3/b23-18-,27-6+. The van der Waals surface area contributed by atoms with Crippen LogP contribution in [0.5, 0.6) is 0 Å². The van der Waals surface area contributed by atoms with Crippen molar-refractivity contribution < 1.29 is 0 Å². The summed E-state index contributed by atoms with van der Waals surface area (Å²) in [6.07, 6.45) is 15.8. The Hall–Kier alpha value is -2.92. The summed E-state index contributed by atoms with van der Waals surface area (Å²) in [6, 6.07) is 8.33. The van der Waals surface area contributed by atoms with E-state index in [2.05, 4.69) is 82.9 Å². The maximum atomic E-state index is 4.61. The van der Waals surface area contributed by atoms with Crippen LogP contribution in [0.3, 0.4) is 0 Å². The van der Waals surface area contributed by atoms with E-state index < -0.39 is 0 Å². The van der Waals surface area contributed by atoms with Gasteiger partial charge < -0.3 is 15.2 Å². The molecule has 1 atom stereocenters. The second-order valence-corrected chi connectivity index (χ2v) is 12.4. The molecule has 6 rings (SSSR count). The lowest BCUT2D eigenvalue weighted by Gasteiger charge is -2.35. The van der Waals surface area contributed by atoms with Crippen molar-refractivity contribution in [3.8, 4) is 0 Å². The summed E-state index contributed by atoms with van der Waals surface area (Å²) < 4.78 is 0. The molecule has 0 spiro atoms. The SMILES string of the molecule is C=C(CCNC1CC1)N1CCC(c2ccc3[nH]c(C4=C/CCC5CC(=NC=N5)/C(C)=C\4)c(C(C)C)c3c2)CC1. The molecule has 2 bridgehead atoms. The van der Waals surface area contributed by atoms with Crippen LogP contribution in [0, 0.1) is 0 Å². The second-order valence-electron chi connectivity index (χ2n) is 12.4. The Kier molecular flexibility index (Phi) is 7.61. The topological polar surface area (TPSA) is 55.8 Å². The van der Waals surface area contributed by atoms with E-state index in [4.69, 9.17) is 0 Å². The molecule has 39 heavy (non-hydrogen) atoms. The fraction of sp³-hybridized carbons (Fsp3) is 0.529. The summed E-state index contributed by atoms with van der Waals surface area (Å²) in [5.74, 6) is 1.05. The number of benzene rings is 1. The fourth-order valence-electron chi connectivity index (χ4n) is 6.65. The smallest absolute Gasteiger partial charge is 0.110 e. The number of nitrogens with zero attached hydrogens (tertiary/aromatic N) is 3.